The lowest BCUT2D eigenvalue weighted by Gasteiger charge is -2.46. The van der Waals surface area contributed by atoms with Gasteiger partial charge in [0.2, 0.25) is 5.16 Å². The van der Waals surface area contributed by atoms with Gasteiger partial charge in [-0.3, -0.25) is 4.90 Å². The maximum atomic E-state index is 12.4. The Kier molecular flexibility index (Phi) is 6.33. The second kappa shape index (κ2) is 8.70. The van der Waals surface area contributed by atoms with E-state index in [1.54, 1.807) is 23.6 Å². The summed E-state index contributed by atoms with van der Waals surface area (Å²) >= 11 is 1.61. The first-order valence-electron chi connectivity index (χ1n) is 8.99. The van der Waals surface area contributed by atoms with E-state index in [1.165, 1.54) is 7.11 Å². The molecule has 26 heavy (non-hydrogen) atoms. The molecule has 10 heteroatoms. The Balaban J connectivity index is 1.62. The van der Waals surface area contributed by atoms with Crippen LogP contribution < -0.4 is 0 Å². The smallest absolute Gasteiger partial charge is 0.410 e. The molecule has 1 aromatic heterocycles. The highest BCUT2D eigenvalue weighted by Gasteiger charge is 2.44. The molecule has 2 heterocycles. The number of aromatic amines is 1. The van der Waals surface area contributed by atoms with Crippen LogP contribution in [0.5, 0.6) is 0 Å². The van der Waals surface area contributed by atoms with Crippen LogP contribution in [0.25, 0.3) is 0 Å². The molecule has 0 aromatic carbocycles. The number of fused-ring (bicyclic) bond motifs is 1. The quantitative estimate of drug-likeness (QED) is 0.604. The van der Waals surface area contributed by atoms with Crippen molar-refractivity contribution in [3.05, 3.63) is 0 Å². The van der Waals surface area contributed by atoms with Crippen molar-refractivity contribution in [2.24, 2.45) is 17.8 Å². The first-order valence-corrected chi connectivity index (χ1v) is 9.98. The highest BCUT2D eigenvalue weighted by Crippen LogP contribution is 2.42. The van der Waals surface area contributed by atoms with Gasteiger partial charge in [0.05, 0.1) is 13.7 Å². The SMILES string of the molecule is CCOC(=O)[C@@H]1C[C@H]2C[C@H](CSc3nn[nH]n3)CC[C@H]2CN1C(=O)OC. The van der Waals surface area contributed by atoms with Gasteiger partial charge in [-0.05, 0) is 55.6 Å². The number of aromatic nitrogens is 4. The van der Waals surface area contributed by atoms with E-state index < -0.39 is 12.1 Å². The van der Waals surface area contributed by atoms with Crippen LogP contribution in [0, 0.1) is 17.8 Å². The molecule has 1 saturated heterocycles. The molecule has 4 atom stereocenters. The summed E-state index contributed by atoms with van der Waals surface area (Å²) in [6.45, 7) is 2.64. The van der Waals surface area contributed by atoms with Gasteiger partial charge in [-0.15, -0.1) is 10.2 Å². The highest BCUT2D eigenvalue weighted by molar-refractivity contribution is 7.99. The lowest BCUT2D eigenvalue weighted by molar-refractivity contribution is -0.152. The van der Waals surface area contributed by atoms with Gasteiger partial charge in [-0.1, -0.05) is 11.8 Å². The van der Waals surface area contributed by atoms with E-state index in [0.29, 0.717) is 42.5 Å². The average molecular weight is 383 g/mol. The van der Waals surface area contributed by atoms with E-state index >= 15 is 0 Å². The summed E-state index contributed by atoms with van der Waals surface area (Å²) in [7, 11) is 1.35. The zero-order valence-corrected chi connectivity index (χ0v) is 15.9. The molecule has 1 amide bonds. The van der Waals surface area contributed by atoms with Gasteiger partial charge < -0.3 is 9.47 Å². The number of ether oxygens (including phenoxy) is 2. The van der Waals surface area contributed by atoms with E-state index in [0.717, 1.165) is 25.0 Å². The number of rotatable bonds is 5. The molecule has 9 nitrogen and oxygen atoms in total. The van der Waals surface area contributed by atoms with Crippen molar-refractivity contribution in [1.82, 2.24) is 25.5 Å². The second-order valence-corrected chi connectivity index (χ2v) is 7.82. The number of hydrogen-bond acceptors (Lipinski definition) is 8. The van der Waals surface area contributed by atoms with E-state index in [4.69, 9.17) is 9.47 Å². The number of nitrogens with zero attached hydrogens (tertiary/aromatic N) is 4. The fourth-order valence-corrected chi connectivity index (χ4v) is 4.98. The minimum absolute atomic E-state index is 0.308. The summed E-state index contributed by atoms with van der Waals surface area (Å²) < 4.78 is 10.1. The zero-order valence-electron chi connectivity index (χ0n) is 15.1. The number of carbonyl (C=O) groups is 2. The number of likely N-dealkylation sites (tertiary alicyclic amines) is 1. The number of piperidine rings is 1. The van der Waals surface area contributed by atoms with Crippen molar-refractivity contribution in [2.45, 2.75) is 43.8 Å². The third-order valence-corrected chi connectivity index (χ3v) is 6.39. The first kappa shape index (κ1) is 18.9. The Hall–Kier alpha value is -1.84. The molecule has 1 N–H and O–H groups in total. The number of H-pyrrole nitrogens is 1. The standard InChI is InChI=1S/C16H25N5O4S/c1-3-25-14(22)13-7-12-6-10(9-26-15-17-19-20-18-15)4-5-11(12)8-21(13)16(23)24-2/h10-13H,3-9H2,1-2H3,(H,17,18,19,20)/t10-,11+,12-,13+/m1/s1. The topological polar surface area (TPSA) is 110 Å². The molecule has 1 aliphatic heterocycles. The molecule has 1 aliphatic carbocycles. The van der Waals surface area contributed by atoms with Gasteiger partial charge in [0.1, 0.15) is 6.04 Å². The van der Waals surface area contributed by atoms with E-state index in [2.05, 4.69) is 20.6 Å². The molecule has 1 aromatic rings. The molecular formula is C16H25N5O4S. The number of methoxy groups -OCH3 is 1. The lowest BCUT2D eigenvalue weighted by Crippen LogP contribution is -2.55. The molecule has 2 fully saturated rings. The van der Waals surface area contributed by atoms with Crippen molar-refractivity contribution in [3.8, 4) is 0 Å². The number of hydrogen-bond donors (Lipinski definition) is 1. The van der Waals surface area contributed by atoms with Gasteiger partial charge in [0, 0.05) is 12.3 Å². The van der Waals surface area contributed by atoms with Crippen LogP contribution in [0.1, 0.15) is 32.6 Å². The molecule has 3 rings (SSSR count). The Bertz CT molecular complexity index is 614. The van der Waals surface area contributed by atoms with Crippen molar-refractivity contribution in [3.63, 3.8) is 0 Å². The van der Waals surface area contributed by atoms with Gasteiger partial charge >= 0.3 is 12.1 Å². The van der Waals surface area contributed by atoms with E-state index in [9.17, 15) is 9.59 Å². The number of esters is 1. The first-order chi connectivity index (χ1) is 12.6. The summed E-state index contributed by atoms with van der Waals surface area (Å²) in [5, 5.41) is 14.6. The molecule has 0 unspecified atom stereocenters. The van der Waals surface area contributed by atoms with Crippen LogP contribution in [0.2, 0.25) is 0 Å². The van der Waals surface area contributed by atoms with Gasteiger partial charge in [0.25, 0.3) is 0 Å². The normalized spacial score (nSPS) is 28.3. The average Bonchev–Trinajstić information content (AvgIpc) is 3.18. The number of amides is 1. The minimum Gasteiger partial charge on any atom is -0.464 e. The van der Waals surface area contributed by atoms with E-state index in [1.807, 2.05) is 0 Å². The molecule has 1 saturated carbocycles. The van der Waals surface area contributed by atoms with Gasteiger partial charge in [-0.2, -0.15) is 5.21 Å². The molecule has 0 radical (unpaired) electrons. The number of tetrazole rings is 1. The van der Waals surface area contributed by atoms with E-state index in [-0.39, 0.29) is 5.97 Å². The molecule has 0 bridgehead atoms. The molecule has 2 aliphatic rings. The second-order valence-electron chi connectivity index (χ2n) is 6.83. The van der Waals surface area contributed by atoms with Crippen LogP contribution >= 0.6 is 11.8 Å². The van der Waals surface area contributed by atoms with Gasteiger partial charge in [0.15, 0.2) is 0 Å². The van der Waals surface area contributed by atoms with Crippen LogP contribution in [-0.2, 0) is 14.3 Å². The van der Waals surface area contributed by atoms with Crippen LogP contribution in [0.3, 0.4) is 0 Å². The summed E-state index contributed by atoms with van der Waals surface area (Å²) in [6.07, 6.45) is 3.38. The van der Waals surface area contributed by atoms with Gasteiger partial charge in [-0.25, -0.2) is 9.59 Å². The Labute approximate surface area is 156 Å². The lowest BCUT2D eigenvalue weighted by atomic mass is 9.69. The van der Waals surface area contributed by atoms with Crippen molar-refractivity contribution in [1.29, 1.82) is 0 Å². The molecule has 144 valence electrons. The molecular weight excluding hydrogens is 358 g/mol. The summed E-state index contributed by atoms with van der Waals surface area (Å²) in [4.78, 5) is 26.0. The predicted octanol–water partition coefficient (Wildman–Crippen LogP) is 1.73. The summed E-state index contributed by atoms with van der Waals surface area (Å²) in [5.41, 5.74) is 0. The monoisotopic (exact) mass is 383 g/mol. The maximum absolute atomic E-state index is 12.4. The maximum Gasteiger partial charge on any atom is 0.410 e. The highest BCUT2D eigenvalue weighted by atomic mass is 32.2. The Morgan fingerprint density at radius 2 is 2.15 bits per heavy atom. The zero-order chi connectivity index (χ0) is 18.5. The van der Waals surface area contributed by atoms with Crippen molar-refractivity contribution in [2.75, 3.05) is 26.0 Å². The van der Waals surface area contributed by atoms with Crippen LogP contribution in [-0.4, -0.2) is 69.6 Å². The fraction of sp³-hybridized carbons (Fsp3) is 0.812. The Morgan fingerprint density at radius 3 is 2.85 bits per heavy atom. The third kappa shape index (κ3) is 4.28. The fourth-order valence-electron chi connectivity index (χ4n) is 4.09. The largest absolute Gasteiger partial charge is 0.464 e. The van der Waals surface area contributed by atoms with Crippen molar-refractivity contribution >= 4 is 23.8 Å². The number of nitrogens with one attached hydrogen (secondary N) is 1. The summed E-state index contributed by atoms with van der Waals surface area (Å²) in [6, 6.07) is -0.549. The van der Waals surface area contributed by atoms with Crippen LogP contribution in [0.4, 0.5) is 4.79 Å². The predicted molar refractivity (Wildman–Crippen MR) is 93.4 cm³/mol. The molecule has 0 spiro atoms. The van der Waals surface area contributed by atoms with Crippen LogP contribution in [0.15, 0.2) is 5.16 Å². The summed E-state index contributed by atoms with van der Waals surface area (Å²) in [5.74, 6) is 1.97. The van der Waals surface area contributed by atoms with Crippen molar-refractivity contribution < 1.29 is 19.1 Å². The Morgan fingerprint density at radius 1 is 1.31 bits per heavy atom. The number of thioether (sulfide) groups is 1. The third-order valence-electron chi connectivity index (χ3n) is 5.32. The number of carbonyl (C=O) groups excluding carboxylic acids is 2. The minimum atomic E-state index is -0.549.